The Labute approximate surface area is 153 Å². The van der Waals surface area contributed by atoms with Crippen molar-refractivity contribution in [1.82, 2.24) is 20.4 Å². The lowest BCUT2D eigenvalue weighted by Crippen LogP contribution is -2.35. The van der Waals surface area contributed by atoms with Crippen molar-refractivity contribution in [2.45, 2.75) is 51.2 Å². The van der Waals surface area contributed by atoms with Gasteiger partial charge >= 0.3 is 6.18 Å². The number of nitrogens with one attached hydrogen (secondary N) is 1. The molecule has 2 atom stereocenters. The lowest BCUT2D eigenvalue weighted by molar-refractivity contribution is -0.141. The van der Waals surface area contributed by atoms with Crippen molar-refractivity contribution in [3.63, 3.8) is 0 Å². The van der Waals surface area contributed by atoms with Crippen LogP contribution in [0.15, 0.2) is 22.9 Å². The smallest absolute Gasteiger partial charge is 0.344 e. The minimum atomic E-state index is -4.55. The van der Waals surface area contributed by atoms with Crippen LogP contribution in [0.5, 0.6) is 0 Å². The molecule has 2 aliphatic carbocycles. The number of halogens is 3. The standard InChI is InChI=1S/C18H19F3N4O2/c1-10(23-15(26)12-3-2-5-17(12)6-7-17)16-24-14(25-27-16)11-4-8-22-13(9-11)18(19,20)21/h4,8-10,12H,2-3,5-7H2,1H3,(H,23,26)/t10-,12?/m0/s1. The van der Waals surface area contributed by atoms with Crippen LogP contribution in [0.25, 0.3) is 11.4 Å². The van der Waals surface area contributed by atoms with E-state index >= 15 is 0 Å². The zero-order valence-corrected chi connectivity index (χ0v) is 14.7. The molecule has 6 nitrogen and oxygen atoms in total. The van der Waals surface area contributed by atoms with Gasteiger partial charge in [-0.1, -0.05) is 11.6 Å². The Hall–Kier alpha value is -2.45. The summed E-state index contributed by atoms with van der Waals surface area (Å²) in [5, 5.41) is 6.65. The van der Waals surface area contributed by atoms with Gasteiger partial charge in [0.05, 0.1) is 0 Å². The van der Waals surface area contributed by atoms with Gasteiger partial charge in [-0.05, 0) is 50.2 Å². The number of carbonyl (C=O) groups excluding carboxylic acids is 1. The molecule has 0 aromatic carbocycles. The number of hydrogen-bond donors (Lipinski definition) is 1. The van der Waals surface area contributed by atoms with Gasteiger partial charge in [-0.2, -0.15) is 18.2 Å². The molecule has 2 aliphatic rings. The Kier molecular flexibility index (Phi) is 4.20. The van der Waals surface area contributed by atoms with Gasteiger partial charge in [0.15, 0.2) is 0 Å². The first-order valence-corrected chi connectivity index (χ1v) is 8.96. The Balaban J connectivity index is 1.47. The van der Waals surface area contributed by atoms with Crippen LogP contribution in [0, 0.1) is 11.3 Å². The largest absolute Gasteiger partial charge is 0.433 e. The average molecular weight is 380 g/mol. The van der Waals surface area contributed by atoms with Crippen molar-refractivity contribution in [3.8, 4) is 11.4 Å². The third-order valence-corrected chi connectivity index (χ3v) is 5.59. The van der Waals surface area contributed by atoms with E-state index in [1.807, 2.05) is 0 Å². The molecule has 0 saturated heterocycles. The average Bonchev–Trinajstić information content (AvgIpc) is 3.06. The summed E-state index contributed by atoms with van der Waals surface area (Å²) in [5.74, 6) is 0.197. The summed E-state index contributed by atoms with van der Waals surface area (Å²) in [4.78, 5) is 20.0. The minimum absolute atomic E-state index is 0.0134. The van der Waals surface area contributed by atoms with Crippen molar-refractivity contribution in [2.75, 3.05) is 0 Å². The number of rotatable bonds is 4. The molecule has 2 fully saturated rings. The summed E-state index contributed by atoms with van der Waals surface area (Å²) in [6.45, 7) is 1.72. The molecular formula is C18H19F3N4O2. The lowest BCUT2D eigenvalue weighted by Gasteiger charge is -2.19. The quantitative estimate of drug-likeness (QED) is 0.870. The maximum absolute atomic E-state index is 12.8. The van der Waals surface area contributed by atoms with Gasteiger partial charge in [0.25, 0.3) is 0 Å². The molecule has 1 N–H and O–H groups in total. The Bertz CT molecular complexity index is 860. The van der Waals surface area contributed by atoms with Crippen LogP contribution < -0.4 is 5.32 Å². The molecule has 2 aromatic heterocycles. The predicted octanol–water partition coefficient (Wildman–Crippen LogP) is 3.91. The fraction of sp³-hybridized carbons (Fsp3) is 0.556. The molecule has 1 amide bonds. The molecule has 2 heterocycles. The number of aromatic nitrogens is 3. The van der Waals surface area contributed by atoms with Gasteiger partial charge in [0, 0.05) is 17.7 Å². The summed E-state index contributed by atoms with van der Waals surface area (Å²) in [5.41, 5.74) is -0.684. The van der Waals surface area contributed by atoms with Crippen molar-refractivity contribution < 1.29 is 22.5 Å². The van der Waals surface area contributed by atoms with E-state index in [1.54, 1.807) is 6.92 Å². The molecule has 9 heteroatoms. The molecule has 0 radical (unpaired) electrons. The topological polar surface area (TPSA) is 80.9 Å². The highest BCUT2D eigenvalue weighted by atomic mass is 19.4. The van der Waals surface area contributed by atoms with E-state index in [9.17, 15) is 18.0 Å². The summed E-state index contributed by atoms with van der Waals surface area (Å²) in [6.07, 6.45) is 1.78. The van der Waals surface area contributed by atoms with Crippen LogP contribution in [0.2, 0.25) is 0 Å². The Morgan fingerprint density at radius 1 is 1.37 bits per heavy atom. The number of amides is 1. The molecule has 27 heavy (non-hydrogen) atoms. The number of alkyl halides is 3. The molecule has 0 bridgehead atoms. The van der Waals surface area contributed by atoms with Crippen LogP contribution in [0.1, 0.15) is 56.7 Å². The first-order valence-electron chi connectivity index (χ1n) is 8.96. The molecule has 2 saturated carbocycles. The van der Waals surface area contributed by atoms with E-state index in [0.717, 1.165) is 44.4 Å². The molecule has 2 aromatic rings. The van der Waals surface area contributed by atoms with E-state index in [2.05, 4.69) is 20.4 Å². The molecule has 4 rings (SSSR count). The third kappa shape index (κ3) is 3.42. The highest BCUT2D eigenvalue weighted by Gasteiger charge is 2.54. The fourth-order valence-corrected chi connectivity index (χ4v) is 3.94. The molecule has 1 unspecified atom stereocenters. The monoisotopic (exact) mass is 380 g/mol. The van der Waals surface area contributed by atoms with Gasteiger partial charge in [-0.15, -0.1) is 0 Å². The first-order chi connectivity index (χ1) is 12.8. The summed E-state index contributed by atoms with van der Waals surface area (Å²) in [6, 6.07) is 1.73. The van der Waals surface area contributed by atoms with E-state index in [4.69, 9.17) is 4.52 Å². The van der Waals surface area contributed by atoms with Gasteiger partial charge in [-0.25, -0.2) is 0 Å². The SMILES string of the molecule is C[C@H](NC(=O)C1CCCC12CC2)c1nc(-c2ccnc(C(F)(F)F)c2)no1. The second kappa shape index (κ2) is 6.31. The fourth-order valence-electron chi connectivity index (χ4n) is 3.94. The summed E-state index contributed by atoms with van der Waals surface area (Å²) in [7, 11) is 0. The summed E-state index contributed by atoms with van der Waals surface area (Å²) < 4.78 is 43.6. The molecule has 144 valence electrons. The maximum atomic E-state index is 12.8. The van der Waals surface area contributed by atoms with E-state index in [1.165, 1.54) is 6.07 Å². The third-order valence-electron chi connectivity index (χ3n) is 5.59. The molecule has 0 aliphatic heterocycles. The minimum Gasteiger partial charge on any atom is -0.344 e. The van der Waals surface area contributed by atoms with Crippen LogP contribution >= 0.6 is 0 Å². The molecular weight excluding hydrogens is 361 g/mol. The van der Waals surface area contributed by atoms with E-state index in [-0.39, 0.29) is 34.5 Å². The second-order valence-corrected chi connectivity index (χ2v) is 7.42. The number of hydrogen-bond acceptors (Lipinski definition) is 5. The van der Waals surface area contributed by atoms with Crippen molar-refractivity contribution in [2.24, 2.45) is 11.3 Å². The Morgan fingerprint density at radius 3 is 2.85 bits per heavy atom. The van der Waals surface area contributed by atoms with Crippen LogP contribution in [-0.4, -0.2) is 21.0 Å². The van der Waals surface area contributed by atoms with Gasteiger partial charge < -0.3 is 9.84 Å². The van der Waals surface area contributed by atoms with E-state index < -0.39 is 17.9 Å². The zero-order chi connectivity index (χ0) is 19.2. The van der Waals surface area contributed by atoms with Crippen molar-refractivity contribution in [3.05, 3.63) is 29.9 Å². The van der Waals surface area contributed by atoms with Crippen LogP contribution in [-0.2, 0) is 11.0 Å². The van der Waals surface area contributed by atoms with Gasteiger partial charge in [-0.3, -0.25) is 9.78 Å². The number of carbonyl (C=O) groups is 1. The summed E-state index contributed by atoms with van der Waals surface area (Å²) >= 11 is 0. The van der Waals surface area contributed by atoms with Crippen LogP contribution in [0.3, 0.4) is 0 Å². The zero-order valence-electron chi connectivity index (χ0n) is 14.7. The van der Waals surface area contributed by atoms with Crippen LogP contribution in [0.4, 0.5) is 13.2 Å². The van der Waals surface area contributed by atoms with E-state index in [0.29, 0.717) is 0 Å². The first kappa shape index (κ1) is 17.9. The maximum Gasteiger partial charge on any atom is 0.433 e. The highest BCUT2D eigenvalue weighted by molar-refractivity contribution is 5.80. The van der Waals surface area contributed by atoms with Crippen molar-refractivity contribution in [1.29, 1.82) is 0 Å². The predicted molar refractivity (Wildman–Crippen MR) is 88.1 cm³/mol. The second-order valence-electron chi connectivity index (χ2n) is 7.42. The normalized spacial score (nSPS) is 22.0. The van der Waals surface area contributed by atoms with Gasteiger partial charge in [0.2, 0.25) is 17.6 Å². The Morgan fingerprint density at radius 2 is 2.15 bits per heavy atom. The highest BCUT2D eigenvalue weighted by Crippen LogP contribution is 2.61. The number of nitrogens with zero attached hydrogens (tertiary/aromatic N) is 3. The van der Waals surface area contributed by atoms with Gasteiger partial charge in [0.1, 0.15) is 11.7 Å². The molecule has 1 spiro atoms. The van der Waals surface area contributed by atoms with Crippen molar-refractivity contribution >= 4 is 5.91 Å². The lowest BCUT2D eigenvalue weighted by atomic mass is 9.92. The number of pyridine rings is 1.